The van der Waals surface area contributed by atoms with Crippen molar-refractivity contribution in [3.8, 4) is 5.69 Å². The van der Waals surface area contributed by atoms with E-state index in [0.717, 1.165) is 23.5 Å². The van der Waals surface area contributed by atoms with Crippen LogP contribution in [0.3, 0.4) is 0 Å². The van der Waals surface area contributed by atoms with Gasteiger partial charge in [-0.2, -0.15) is 0 Å². The molecule has 4 rings (SSSR count). The average Bonchev–Trinajstić information content (AvgIpc) is 3.32. The number of amides is 1. The highest BCUT2D eigenvalue weighted by Crippen LogP contribution is 2.30. The molecule has 4 aromatic rings. The molecule has 2 atom stereocenters. The van der Waals surface area contributed by atoms with Gasteiger partial charge in [-0.3, -0.25) is 9.36 Å². The molecule has 186 valence electrons. The second-order valence-corrected chi connectivity index (χ2v) is 10.5. The Labute approximate surface area is 218 Å². The Balaban J connectivity index is 1.53. The third-order valence-corrected chi connectivity index (χ3v) is 7.12. The van der Waals surface area contributed by atoms with Crippen LogP contribution in [0, 0.1) is 5.92 Å². The summed E-state index contributed by atoms with van der Waals surface area (Å²) < 4.78 is 2.07. The Hall–Kier alpha value is -3.38. The summed E-state index contributed by atoms with van der Waals surface area (Å²) in [7, 11) is 0. The van der Waals surface area contributed by atoms with Crippen LogP contribution in [0.1, 0.15) is 62.2 Å². The van der Waals surface area contributed by atoms with Crippen LogP contribution < -0.4 is 5.32 Å². The van der Waals surface area contributed by atoms with Gasteiger partial charge in [-0.05, 0) is 48.1 Å². The normalized spacial score (nSPS) is 12.9. The Bertz CT molecular complexity index is 1250. The van der Waals surface area contributed by atoms with Crippen molar-refractivity contribution in [1.82, 2.24) is 20.1 Å². The van der Waals surface area contributed by atoms with E-state index in [4.69, 9.17) is 0 Å². The molecule has 36 heavy (non-hydrogen) atoms. The van der Waals surface area contributed by atoms with Gasteiger partial charge in [0.15, 0.2) is 5.16 Å². The molecule has 0 unspecified atom stereocenters. The molecular formula is C30H34N4OS. The fourth-order valence-corrected chi connectivity index (χ4v) is 5.05. The molecule has 0 aliphatic rings. The number of hydrogen-bond acceptors (Lipinski definition) is 4. The molecule has 0 radical (unpaired) electrons. The Morgan fingerprint density at radius 1 is 0.833 bits per heavy atom. The van der Waals surface area contributed by atoms with Crippen LogP contribution >= 0.6 is 11.8 Å². The van der Waals surface area contributed by atoms with E-state index in [2.05, 4.69) is 65.1 Å². The van der Waals surface area contributed by atoms with E-state index in [1.165, 1.54) is 22.9 Å². The second kappa shape index (κ2) is 12.0. The number of carbonyl (C=O) groups excluding carboxylic acids is 1. The quantitative estimate of drug-likeness (QED) is 0.251. The van der Waals surface area contributed by atoms with Crippen molar-refractivity contribution in [1.29, 1.82) is 0 Å². The molecule has 0 bridgehead atoms. The molecule has 5 nitrogen and oxygen atoms in total. The summed E-state index contributed by atoms with van der Waals surface area (Å²) in [4.78, 5) is 12.7. The third kappa shape index (κ3) is 6.43. The van der Waals surface area contributed by atoms with E-state index in [-0.39, 0.29) is 23.6 Å². The predicted molar refractivity (Wildman–Crippen MR) is 148 cm³/mol. The first-order valence-electron chi connectivity index (χ1n) is 12.5. The maximum atomic E-state index is 12.7. The van der Waals surface area contributed by atoms with Crippen molar-refractivity contribution in [3.05, 3.63) is 107 Å². The number of hydrogen-bond donors (Lipinski definition) is 1. The number of carbonyl (C=O) groups is 1. The van der Waals surface area contributed by atoms with Gasteiger partial charge in [0.25, 0.3) is 0 Å². The molecule has 1 N–H and O–H groups in total. The van der Waals surface area contributed by atoms with E-state index in [1.807, 2.05) is 67.6 Å². The SMILES string of the molecule is CC(C)Cc1ccc([C@H](C)c2nnc(SCC(=O)N[C@H](C)c3ccccc3)n2-c2ccccc2)cc1. The number of nitrogens with one attached hydrogen (secondary N) is 1. The Morgan fingerprint density at radius 2 is 1.47 bits per heavy atom. The maximum Gasteiger partial charge on any atom is 0.230 e. The largest absolute Gasteiger partial charge is 0.349 e. The smallest absolute Gasteiger partial charge is 0.230 e. The van der Waals surface area contributed by atoms with E-state index in [0.29, 0.717) is 11.1 Å². The summed E-state index contributed by atoms with van der Waals surface area (Å²) in [5.74, 6) is 1.77. The van der Waals surface area contributed by atoms with Gasteiger partial charge in [0.1, 0.15) is 5.82 Å². The molecule has 1 amide bonds. The summed E-state index contributed by atoms with van der Waals surface area (Å²) in [6, 6.07) is 28.8. The molecule has 1 aromatic heterocycles. The summed E-state index contributed by atoms with van der Waals surface area (Å²) in [5, 5.41) is 12.9. The molecule has 0 aliphatic carbocycles. The lowest BCUT2D eigenvalue weighted by Crippen LogP contribution is -2.28. The molecule has 0 saturated carbocycles. The highest BCUT2D eigenvalue weighted by atomic mass is 32.2. The molecule has 3 aromatic carbocycles. The Morgan fingerprint density at radius 3 is 2.11 bits per heavy atom. The van der Waals surface area contributed by atoms with Gasteiger partial charge in [-0.1, -0.05) is 105 Å². The van der Waals surface area contributed by atoms with Crippen molar-refractivity contribution in [2.45, 2.75) is 51.2 Å². The summed E-state index contributed by atoms with van der Waals surface area (Å²) in [6.07, 6.45) is 1.07. The van der Waals surface area contributed by atoms with Crippen molar-refractivity contribution in [3.63, 3.8) is 0 Å². The lowest BCUT2D eigenvalue weighted by Gasteiger charge is -2.16. The molecule has 0 aliphatic heterocycles. The van der Waals surface area contributed by atoms with Crippen LogP contribution in [-0.2, 0) is 11.2 Å². The van der Waals surface area contributed by atoms with Gasteiger partial charge in [0.2, 0.25) is 5.91 Å². The van der Waals surface area contributed by atoms with E-state index >= 15 is 0 Å². The van der Waals surface area contributed by atoms with Gasteiger partial charge in [0.05, 0.1) is 11.8 Å². The maximum absolute atomic E-state index is 12.7. The monoisotopic (exact) mass is 498 g/mol. The van der Waals surface area contributed by atoms with Gasteiger partial charge in [-0.25, -0.2) is 0 Å². The number of thioether (sulfide) groups is 1. The number of aromatic nitrogens is 3. The lowest BCUT2D eigenvalue weighted by atomic mass is 9.96. The molecule has 0 spiro atoms. The molecule has 0 saturated heterocycles. The van der Waals surface area contributed by atoms with Gasteiger partial charge >= 0.3 is 0 Å². The Kier molecular flexibility index (Phi) is 8.60. The fourth-order valence-electron chi connectivity index (χ4n) is 4.28. The van der Waals surface area contributed by atoms with Gasteiger partial charge < -0.3 is 5.32 Å². The predicted octanol–water partition coefficient (Wildman–Crippen LogP) is 6.59. The van der Waals surface area contributed by atoms with Crippen LogP contribution in [0.4, 0.5) is 0 Å². The standard InChI is InChI=1S/C30H34N4OS/c1-21(2)19-24-15-17-25(18-16-24)22(3)29-32-33-30(34(29)27-13-9-6-10-14-27)36-20-28(35)31-23(4)26-11-7-5-8-12-26/h5-18,21-23H,19-20H2,1-4H3,(H,31,35)/t22-,23+/m0/s1. The van der Waals surface area contributed by atoms with Crippen LogP contribution in [0.25, 0.3) is 5.69 Å². The zero-order valence-electron chi connectivity index (χ0n) is 21.4. The number of nitrogens with zero attached hydrogens (tertiary/aromatic N) is 3. The fraction of sp³-hybridized carbons (Fsp3) is 0.300. The lowest BCUT2D eigenvalue weighted by molar-refractivity contribution is -0.119. The average molecular weight is 499 g/mol. The number of benzene rings is 3. The van der Waals surface area contributed by atoms with Crippen LogP contribution in [0.5, 0.6) is 0 Å². The first-order valence-corrected chi connectivity index (χ1v) is 13.5. The first-order chi connectivity index (χ1) is 17.4. The minimum Gasteiger partial charge on any atom is -0.349 e. The number of rotatable bonds is 10. The first kappa shape index (κ1) is 25.7. The van der Waals surface area contributed by atoms with Crippen LogP contribution in [-0.4, -0.2) is 26.4 Å². The summed E-state index contributed by atoms with van der Waals surface area (Å²) in [5.41, 5.74) is 4.61. The van der Waals surface area contributed by atoms with Crippen molar-refractivity contribution in [2.75, 3.05) is 5.75 Å². The third-order valence-electron chi connectivity index (χ3n) is 6.19. The zero-order valence-corrected chi connectivity index (χ0v) is 22.2. The van der Waals surface area contributed by atoms with Crippen LogP contribution in [0.15, 0.2) is 90.1 Å². The van der Waals surface area contributed by atoms with E-state index in [9.17, 15) is 4.79 Å². The van der Waals surface area contributed by atoms with E-state index in [1.54, 1.807) is 0 Å². The highest BCUT2D eigenvalue weighted by molar-refractivity contribution is 7.99. The minimum absolute atomic E-state index is 0.0331. The molecular weight excluding hydrogens is 464 g/mol. The van der Waals surface area contributed by atoms with Crippen molar-refractivity contribution >= 4 is 17.7 Å². The van der Waals surface area contributed by atoms with Crippen LogP contribution in [0.2, 0.25) is 0 Å². The summed E-state index contributed by atoms with van der Waals surface area (Å²) >= 11 is 1.41. The molecule has 6 heteroatoms. The molecule has 0 fully saturated rings. The molecule has 1 heterocycles. The van der Waals surface area contributed by atoms with Gasteiger partial charge in [0, 0.05) is 11.6 Å². The summed E-state index contributed by atoms with van der Waals surface area (Å²) in [6.45, 7) is 8.63. The van der Waals surface area contributed by atoms with Crippen molar-refractivity contribution in [2.24, 2.45) is 5.92 Å². The van der Waals surface area contributed by atoms with Crippen molar-refractivity contribution < 1.29 is 4.79 Å². The number of para-hydroxylation sites is 1. The van der Waals surface area contributed by atoms with Gasteiger partial charge in [-0.15, -0.1) is 10.2 Å². The minimum atomic E-state index is -0.0551. The second-order valence-electron chi connectivity index (χ2n) is 9.56. The highest BCUT2D eigenvalue weighted by Gasteiger charge is 2.22. The van der Waals surface area contributed by atoms with E-state index < -0.39 is 0 Å². The zero-order chi connectivity index (χ0) is 25.5. The topological polar surface area (TPSA) is 59.8 Å².